The smallest absolute Gasteiger partial charge is 0.167 e. The minimum absolute atomic E-state index is 0.0211. The second-order valence-corrected chi connectivity index (χ2v) is 4.17. The lowest BCUT2D eigenvalue weighted by Crippen LogP contribution is -2.04. The van der Waals surface area contributed by atoms with Crippen LogP contribution in [0.5, 0.6) is 0 Å². The summed E-state index contributed by atoms with van der Waals surface area (Å²) < 4.78 is 0. The summed E-state index contributed by atoms with van der Waals surface area (Å²) in [5.74, 6) is -0.0211. The van der Waals surface area contributed by atoms with Crippen LogP contribution in [0.15, 0.2) is 42.7 Å². The molecule has 1 aromatic heterocycles. The number of hydrogen-bond donors (Lipinski definition) is 1. The Morgan fingerprint density at radius 1 is 1.35 bits per heavy atom. The topological polar surface area (TPSA) is 56.0 Å². The Kier molecular flexibility index (Phi) is 3.40. The van der Waals surface area contributed by atoms with Crippen molar-refractivity contribution in [1.29, 1.82) is 0 Å². The molecule has 0 radical (unpaired) electrons. The molecule has 0 unspecified atom stereocenters. The molecule has 0 fully saturated rings. The van der Waals surface area contributed by atoms with Crippen LogP contribution in [0.4, 0.5) is 5.69 Å². The van der Waals surface area contributed by atoms with Crippen molar-refractivity contribution < 1.29 is 4.79 Å². The number of nitrogens with two attached hydrogens (primary N) is 1. The second kappa shape index (κ2) is 4.97. The summed E-state index contributed by atoms with van der Waals surface area (Å²) in [4.78, 5) is 15.9. The predicted octanol–water partition coefficient (Wildman–Crippen LogP) is 2.74. The summed E-state index contributed by atoms with van der Waals surface area (Å²) in [5.41, 5.74) is 7.53. The van der Waals surface area contributed by atoms with Gasteiger partial charge in [-0.3, -0.25) is 9.78 Å². The van der Waals surface area contributed by atoms with Crippen molar-refractivity contribution in [3.05, 3.63) is 58.9 Å². The first-order chi connectivity index (χ1) is 8.15. The van der Waals surface area contributed by atoms with Crippen LogP contribution in [-0.2, 0) is 6.42 Å². The number of aromatic nitrogens is 1. The molecule has 0 bridgehead atoms. The number of Topliss-reactive ketones (excluding diaryl/α,β-unsaturated/α-hetero) is 1. The largest absolute Gasteiger partial charge is 0.399 e. The van der Waals surface area contributed by atoms with E-state index in [1.54, 1.807) is 36.7 Å². The maximum Gasteiger partial charge on any atom is 0.167 e. The van der Waals surface area contributed by atoms with E-state index >= 15 is 0 Å². The van der Waals surface area contributed by atoms with E-state index in [1.807, 2.05) is 6.07 Å². The molecule has 3 nitrogen and oxygen atoms in total. The minimum atomic E-state index is -0.0211. The first kappa shape index (κ1) is 11.6. The molecule has 0 saturated heterocycles. The molecule has 0 aliphatic heterocycles. The number of rotatable bonds is 3. The van der Waals surface area contributed by atoms with Crippen molar-refractivity contribution in [3.8, 4) is 0 Å². The highest BCUT2D eigenvalue weighted by atomic mass is 35.5. The van der Waals surface area contributed by atoms with Gasteiger partial charge in [-0.05, 0) is 29.8 Å². The predicted molar refractivity (Wildman–Crippen MR) is 68.1 cm³/mol. The van der Waals surface area contributed by atoms with Crippen LogP contribution < -0.4 is 5.73 Å². The third-order valence-corrected chi connectivity index (χ3v) is 2.55. The van der Waals surface area contributed by atoms with E-state index in [0.717, 1.165) is 5.56 Å². The van der Waals surface area contributed by atoms with Crippen molar-refractivity contribution in [2.24, 2.45) is 0 Å². The van der Waals surface area contributed by atoms with E-state index < -0.39 is 0 Å². The van der Waals surface area contributed by atoms with E-state index in [4.69, 9.17) is 17.3 Å². The summed E-state index contributed by atoms with van der Waals surface area (Å²) in [6, 6.07) is 8.53. The number of anilines is 1. The van der Waals surface area contributed by atoms with Gasteiger partial charge < -0.3 is 5.73 Å². The molecule has 0 amide bonds. The van der Waals surface area contributed by atoms with E-state index in [2.05, 4.69) is 4.98 Å². The van der Waals surface area contributed by atoms with Crippen molar-refractivity contribution >= 4 is 23.1 Å². The summed E-state index contributed by atoms with van der Waals surface area (Å²) in [6.07, 6.45) is 3.64. The Bertz CT molecular complexity index is 520. The van der Waals surface area contributed by atoms with Crippen LogP contribution in [0.25, 0.3) is 0 Å². The van der Waals surface area contributed by atoms with Crippen LogP contribution >= 0.6 is 11.6 Å². The third kappa shape index (κ3) is 3.04. The van der Waals surface area contributed by atoms with Gasteiger partial charge in [0.1, 0.15) is 0 Å². The molecule has 2 rings (SSSR count). The van der Waals surface area contributed by atoms with Crippen molar-refractivity contribution in [1.82, 2.24) is 4.98 Å². The highest BCUT2D eigenvalue weighted by molar-refractivity contribution is 6.31. The average Bonchev–Trinajstić information content (AvgIpc) is 2.29. The molecule has 17 heavy (non-hydrogen) atoms. The fourth-order valence-corrected chi connectivity index (χ4v) is 1.81. The van der Waals surface area contributed by atoms with Gasteiger partial charge in [-0.15, -0.1) is 0 Å². The van der Waals surface area contributed by atoms with Crippen LogP contribution in [0.2, 0.25) is 5.02 Å². The Labute approximate surface area is 104 Å². The Morgan fingerprint density at radius 2 is 2.18 bits per heavy atom. The monoisotopic (exact) mass is 246 g/mol. The molecule has 1 aromatic carbocycles. The first-order valence-electron chi connectivity index (χ1n) is 5.13. The van der Waals surface area contributed by atoms with Crippen LogP contribution in [-0.4, -0.2) is 10.8 Å². The van der Waals surface area contributed by atoms with E-state index in [1.165, 1.54) is 0 Å². The molecule has 0 aliphatic carbocycles. The van der Waals surface area contributed by atoms with Gasteiger partial charge in [-0.25, -0.2) is 0 Å². The van der Waals surface area contributed by atoms with E-state index in [9.17, 15) is 4.79 Å². The quantitative estimate of drug-likeness (QED) is 0.669. The Balaban J connectivity index is 2.20. The normalized spacial score (nSPS) is 10.2. The molecular weight excluding hydrogens is 236 g/mol. The standard InChI is InChI=1S/C13H11ClN2O/c14-11-5-10(6-12(15)7-11)13(17)4-9-2-1-3-16-8-9/h1-3,5-8H,4,15H2. The SMILES string of the molecule is Nc1cc(Cl)cc(C(=O)Cc2cccnc2)c1. The van der Waals surface area contributed by atoms with Crippen molar-refractivity contribution in [2.45, 2.75) is 6.42 Å². The number of pyridine rings is 1. The molecule has 0 aliphatic rings. The Morgan fingerprint density at radius 3 is 2.82 bits per heavy atom. The van der Waals surface area contributed by atoms with Gasteiger partial charge in [0.25, 0.3) is 0 Å². The molecule has 2 aromatic rings. The molecule has 0 saturated carbocycles. The highest BCUT2D eigenvalue weighted by Crippen LogP contribution is 2.18. The number of benzene rings is 1. The Hall–Kier alpha value is -1.87. The number of nitrogen functional groups attached to an aromatic ring is 1. The maximum atomic E-state index is 12.0. The number of hydrogen-bond acceptors (Lipinski definition) is 3. The van der Waals surface area contributed by atoms with Crippen LogP contribution in [0.3, 0.4) is 0 Å². The molecule has 1 heterocycles. The molecular formula is C13H11ClN2O. The molecule has 4 heteroatoms. The van der Waals surface area contributed by atoms with E-state index in [-0.39, 0.29) is 5.78 Å². The fraction of sp³-hybridized carbons (Fsp3) is 0.0769. The third-order valence-electron chi connectivity index (χ3n) is 2.33. The zero-order valence-electron chi connectivity index (χ0n) is 9.06. The van der Waals surface area contributed by atoms with E-state index in [0.29, 0.717) is 22.7 Å². The maximum absolute atomic E-state index is 12.0. The van der Waals surface area contributed by atoms with Gasteiger partial charge in [-0.1, -0.05) is 17.7 Å². The lowest BCUT2D eigenvalue weighted by atomic mass is 10.0. The van der Waals surface area contributed by atoms with Crippen molar-refractivity contribution in [3.63, 3.8) is 0 Å². The summed E-state index contributed by atoms with van der Waals surface area (Å²) in [7, 11) is 0. The minimum Gasteiger partial charge on any atom is -0.399 e. The summed E-state index contributed by atoms with van der Waals surface area (Å²) >= 11 is 5.85. The first-order valence-corrected chi connectivity index (χ1v) is 5.51. The fourth-order valence-electron chi connectivity index (χ4n) is 1.56. The molecule has 2 N–H and O–H groups in total. The molecule has 0 atom stereocenters. The highest BCUT2D eigenvalue weighted by Gasteiger charge is 2.08. The van der Waals surface area contributed by atoms with Gasteiger partial charge in [0.05, 0.1) is 0 Å². The zero-order chi connectivity index (χ0) is 12.3. The molecule has 86 valence electrons. The zero-order valence-corrected chi connectivity index (χ0v) is 9.82. The number of halogens is 1. The average molecular weight is 247 g/mol. The number of carbonyl (C=O) groups is 1. The van der Waals surface area contributed by atoms with Gasteiger partial charge in [0.2, 0.25) is 0 Å². The lowest BCUT2D eigenvalue weighted by Gasteiger charge is -2.03. The summed E-state index contributed by atoms with van der Waals surface area (Å²) in [5, 5.41) is 0.472. The number of nitrogens with zero attached hydrogens (tertiary/aromatic N) is 1. The second-order valence-electron chi connectivity index (χ2n) is 3.73. The van der Waals surface area contributed by atoms with Gasteiger partial charge >= 0.3 is 0 Å². The molecule has 0 spiro atoms. The van der Waals surface area contributed by atoms with Crippen LogP contribution in [0, 0.1) is 0 Å². The van der Waals surface area contributed by atoms with Crippen molar-refractivity contribution in [2.75, 3.05) is 5.73 Å². The lowest BCUT2D eigenvalue weighted by molar-refractivity contribution is 0.0993. The number of carbonyl (C=O) groups excluding carboxylic acids is 1. The van der Waals surface area contributed by atoms with Gasteiger partial charge in [-0.2, -0.15) is 0 Å². The van der Waals surface area contributed by atoms with Gasteiger partial charge in [0.15, 0.2) is 5.78 Å². The van der Waals surface area contributed by atoms with Crippen LogP contribution in [0.1, 0.15) is 15.9 Å². The van der Waals surface area contributed by atoms with Gasteiger partial charge in [0, 0.05) is 35.1 Å². The summed E-state index contributed by atoms with van der Waals surface area (Å²) in [6.45, 7) is 0. The number of ketones is 1.